The minimum absolute atomic E-state index is 0.179. The lowest BCUT2D eigenvalue weighted by Crippen LogP contribution is -2.51. The van der Waals surface area contributed by atoms with E-state index in [-0.39, 0.29) is 5.60 Å². The summed E-state index contributed by atoms with van der Waals surface area (Å²) in [6.45, 7) is 5.42. The molecule has 100 valence electrons. The second-order valence-corrected chi connectivity index (χ2v) is 7.06. The van der Waals surface area contributed by atoms with Crippen molar-refractivity contribution >= 4 is 11.8 Å². The average molecular weight is 258 g/mol. The zero-order chi connectivity index (χ0) is 12.3. The lowest BCUT2D eigenvalue weighted by atomic mass is 9.76. The van der Waals surface area contributed by atoms with Gasteiger partial charge in [-0.15, -0.1) is 0 Å². The van der Waals surface area contributed by atoms with Crippen molar-refractivity contribution in [2.45, 2.75) is 51.2 Å². The number of hydrazine groups is 1. The molecular formula is C13H26N2OS. The first-order chi connectivity index (χ1) is 8.17. The Hall–Kier alpha value is 0.230. The second kappa shape index (κ2) is 5.91. The summed E-state index contributed by atoms with van der Waals surface area (Å²) in [4.78, 5) is 0. The fraction of sp³-hybridized carbons (Fsp3) is 1.00. The van der Waals surface area contributed by atoms with Gasteiger partial charge in [-0.05, 0) is 49.0 Å². The maximum atomic E-state index is 6.13. The summed E-state index contributed by atoms with van der Waals surface area (Å²) in [5, 5.41) is 0. The number of nitrogens with one attached hydrogen (secondary N) is 1. The van der Waals surface area contributed by atoms with E-state index in [1.807, 2.05) is 0 Å². The number of hydrogen-bond donors (Lipinski definition) is 2. The second-order valence-electron chi connectivity index (χ2n) is 5.83. The quantitative estimate of drug-likeness (QED) is 0.601. The molecule has 1 spiro atoms. The Morgan fingerprint density at radius 2 is 2.06 bits per heavy atom. The predicted octanol–water partition coefficient (Wildman–Crippen LogP) is 2.17. The van der Waals surface area contributed by atoms with Gasteiger partial charge >= 0.3 is 0 Å². The summed E-state index contributed by atoms with van der Waals surface area (Å²) in [5.41, 5.74) is 3.21. The van der Waals surface area contributed by atoms with Crippen LogP contribution in [-0.2, 0) is 4.74 Å². The van der Waals surface area contributed by atoms with Gasteiger partial charge in [0.15, 0.2) is 0 Å². The molecule has 0 radical (unpaired) electrons. The predicted molar refractivity (Wildman–Crippen MR) is 73.9 cm³/mol. The normalized spacial score (nSPS) is 30.7. The minimum Gasteiger partial charge on any atom is -0.375 e. The lowest BCUT2D eigenvalue weighted by Gasteiger charge is -2.46. The summed E-state index contributed by atoms with van der Waals surface area (Å²) < 4.78 is 6.13. The third-order valence-electron chi connectivity index (χ3n) is 4.35. The van der Waals surface area contributed by atoms with Gasteiger partial charge in [0.25, 0.3) is 0 Å². The van der Waals surface area contributed by atoms with Crippen molar-refractivity contribution in [3.63, 3.8) is 0 Å². The largest absolute Gasteiger partial charge is 0.375 e. The molecule has 3 nitrogen and oxygen atoms in total. The van der Waals surface area contributed by atoms with Crippen molar-refractivity contribution < 1.29 is 4.74 Å². The lowest BCUT2D eigenvalue weighted by molar-refractivity contribution is -0.109. The van der Waals surface area contributed by atoms with Gasteiger partial charge in [0.2, 0.25) is 0 Å². The molecule has 0 aliphatic carbocycles. The molecule has 2 atom stereocenters. The third kappa shape index (κ3) is 3.16. The number of ether oxygens (including phenoxy) is 1. The number of nitrogens with two attached hydrogens (primary N) is 1. The Balaban J connectivity index is 2.00. The zero-order valence-electron chi connectivity index (χ0n) is 11.1. The third-order valence-corrected chi connectivity index (χ3v) is 5.34. The Kier molecular flexibility index (Phi) is 4.75. The Morgan fingerprint density at radius 1 is 1.35 bits per heavy atom. The molecule has 0 amide bonds. The molecule has 2 aliphatic rings. The van der Waals surface area contributed by atoms with Gasteiger partial charge in [-0.2, -0.15) is 11.8 Å². The molecule has 2 aliphatic heterocycles. The summed E-state index contributed by atoms with van der Waals surface area (Å²) in [6, 6.07) is 0.436. The highest BCUT2D eigenvalue weighted by molar-refractivity contribution is 7.99. The molecule has 2 heterocycles. The first-order valence-electron chi connectivity index (χ1n) is 6.85. The molecule has 2 fully saturated rings. The summed E-state index contributed by atoms with van der Waals surface area (Å²) in [6.07, 6.45) is 4.80. The molecule has 4 heteroatoms. The molecular weight excluding hydrogens is 232 g/mol. The fourth-order valence-corrected chi connectivity index (χ4v) is 4.57. The van der Waals surface area contributed by atoms with Gasteiger partial charge in [0.05, 0.1) is 5.60 Å². The Labute approximate surface area is 109 Å². The monoisotopic (exact) mass is 258 g/mol. The highest BCUT2D eigenvalue weighted by Gasteiger charge is 2.41. The topological polar surface area (TPSA) is 47.3 Å². The van der Waals surface area contributed by atoms with Gasteiger partial charge in [-0.1, -0.05) is 13.8 Å². The molecule has 0 bridgehead atoms. The van der Waals surface area contributed by atoms with Crippen molar-refractivity contribution in [2.75, 3.05) is 18.1 Å². The van der Waals surface area contributed by atoms with Crippen LogP contribution in [0.4, 0.5) is 0 Å². The number of rotatable bonds is 3. The molecule has 2 saturated heterocycles. The van der Waals surface area contributed by atoms with E-state index in [1.54, 1.807) is 0 Å². The van der Waals surface area contributed by atoms with E-state index in [2.05, 4.69) is 31.0 Å². The molecule has 0 aromatic heterocycles. The molecule has 0 aromatic rings. The summed E-state index contributed by atoms with van der Waals surface area (Å²) in [5.74, 6) is 9.52. The van der Waals surface area contributed by atoms with E-state index < -0.39 is 0 Å². The smallest absolute Gasteiger partial charge is 0.0701 e. The van der Waals surface area contributed by atoms with Crippen molar-refractivity contribution in [3.05, 3.63) is 0 Å². The van der Waals surface area contributed by atoms with E-state index in [1.165, 1.54) is 30.8 Å². The van der Waals surface area contributed by atoms with Crippen LogP contribution in [-0.4, -0.2) is 29.8 Å². The van der Waals surface area contributed by atoms with Crippen LogP contribution in [0, 0.1) is 11.8 Å². The van der Waals surface area contributed by atoms with Crippen LogP contribution < -0.4 is 11.3 Å². The van der Waals surface area contributed by atoms with Crippen molar-refractivity contribution in [3.8, 4) is 0 Å². The van der Waals surface area contributed by atoms with Gasteiger partial charge < -0.3 is 4.74 Å². The van der Waals surface area contributed by atoms with Gasteiger partial charge in [0.1, 0.15) is 0 Å². The Morgan fingerprint density at radius 3 is 2.65 bits per heavy atom. The molecule has 3 N–H and O–H groups in total. The van der Waals surface area contributed by atoms with Gasteiger partial charge in [-0.25, -0.2) is 0 Å². The SMILES string of the molecule is CC(C)C(NN)C1CCOC2(CCSCC2)C1. The minimum atomic E-state index is 0.179. The summed E-state index contributed by atoms with van der Waals surface area (Å²) >= 11 is 2.06. The summed E-state index contributed by atoms with van der Waals surface area (Å²) in [7, 11) is 0. The van der Waals surface area contributed by atoms with Gasteiger partial charge in [0, 0.05) is 12.6 Å². The van der Waals surface area contributed by atoms with Crippen LogP contribution in [0.15, 0.2) is 0 Å². The van der Waals surface area contributed by atoms with Crippen molar-refractivity contribution in [1.82, 2.24) is 5.43 Å². The van der Waals surface area contributed by atoms with Crippen LogP contribution in [0.3, 0.4) is 0 Å². The van der Waals surface area contributed by atoms with Crippen LogP contribution in [0.25, 0.3) is 0 Å². The van der Waals surface area contributed by atoms with Crippen molar-refractivity contribution in [2.24, 2.45) is 17.7 Å². The fourth-order valence-electron chi connectivity index (χ4n) is 3.34. The first kappa shape index (κ1) is 13.7. The first-order valence-corrected chi connectivity index (χ1v) is 8.00. The average Bonchev–Trinajstić information content (AvgIpc) is 2.30. The number of thioether (sulfide) groups is 1. The highest BCUT2D eigenvalue weighted by atomic mass is 32.2. The molecule has 17 heavy (non-hydrogen) atoms. The number of hydrogen-bond acceptors (Lipinski definition) is 4. The standard InChI is InChI=1S/C13H26N2OS/c1-10(2)12(15-14)11-3-6-16-13(9-11)4-7-17-8-5-13/h10-12,15H,3-9,14H2,1-2H3. The van der Waals surface area contributed by atoms with E-state index in [9.17, 15) is 0 Å². The van der Waals surface area contributed by atoms with Crippen LogP contribution in [0.5, 0.6) is 0 Å². The van der Waals surface area contributed by atoms with E-state index in [0.717, 1.165) is 13.0 Å². The maximum Gasteiger partial charge on any atom is 0.0701 e. The van der Waals surface area contributed by atoms with Crippen molar-refractivity contribution in [1.29, 1.82) is 0 Å². The van der Waals surface area contributed by atoms with E-state index in [4.69, 9.17) is 10.6 Å². The Bertz CT molecular complexity index is 236. The van der Waals surface area contributed by atoms with Gasteiger partial charge in [-0.3, -0.25) is 11.3 Å². The van der Waals surface area contributed by atoms with E-state index in [0.29, 0.717) is 17.9 Å². The molecule has 2 rings (SSSR count). The maximum absolute atomic E-state index is 6.13. The van der Waals surface area contributed by atoms with Crippen LogP contribution in [0.1, 0.15) is 39.5 Å². The molecule has 0 aromatic carbocycles. The molecule has 2 unspecified atom stereocenters. The van der Waals surface area contributed by atoms with Crippen LogP contribution in [0.2, 0.25) is 0 Å². The zero-order valence-corrected chi connectivity index (χ0v) is 11.9. The highest BCUT2D eigenvalue weighted by Crippen LogP contribution is 2.41. The van der Waals surface area contributed by atoms with E-state index >= 15 is 0 Å². The molecule has 0 saturated carbocycles. The van der Waals surface area contributed by atoms with Crippen LogP contribution >= 0.6 is 11.8 Å².